The zero-order valence-electron chi connectivity index (χ0n) is 8.82. The summed E-state index contributed by atoms with van der Waals surface area (Å²) in [4.78, 5) is 11.1. The second kappa shape index (κ2) is 5.42. The highest BCUT2D eigenvalue weighted by Gasteiger charge is 2.29. The van der Waals surface area contributed by atoms with E-state index in [2.05, 4.69) is 4.74 Å². The quantitative estimate of drug-likeness (QED) is 0.673. The van der Waals surface area contributed by atoms with Crippen molar-refractivity contribution in [2.75, 3.05) is 7.11 Å². The topological polar surface area (TPSA) is 52.3 Å². The number of thioether (sulfide) groups is 1. The number of nitrogens with two attached hydrogens (primary N) is 1. The van der Waals surface area contributed by atoms with E-state index in [9.17, 15) is 18.0 Å². The number of hydrogen-bond donors (Lipinski definition) is 1. The van der Waals surface area contributed by atoms with Crippen LogP contribution in [-0.4, -0.2) is 18.6 Å². The maximum atomic E-state index is 12.0. The van der Waals surface area contributed by atoms with Crippen LogP contribution in [0.5, 0.6) is 0 Å². The van der Waals surface area contributed by atoms with E-state index in [1.54, 1.807) is 0 Å². The van der Waals surface area contributed by atoms with Crippen LogP contribution in [0, 0.1) is 0 Å². The van der Waals surface area contributed by atoms with Gasteiger partial charge in [0.2, 0.25) is 0 Å². The van der Waals surface area contributed by atoms with Crippen LogP contribution < -0.4 is 5.73 Å². The highest BCUT2D eigenvalue weighted by molar-refractivity contribution is 8.00. The second-order valence-electron chi connectivity index (χ2n) is 3.12. The average Bonchev–Trinajstić information content (AvgIpc) is 2.26. The first-order valence-electron chi connectivity index (χ1n) is 4.52. The fraction of sp³-hybridized carbons (Fsp3) is 0.300. The molecule has 94 valence electrons. The first-order valence-corrected chi connectivity index (χ1v) is 5.34. The number of methoxy groups -OCH3 is 1. The van der Waals surface area contributed by atoms with Gasteiger partial charge in [-0.15, -0.1) is 0 Å². The smallest absolute Gasteiger partial charge is 0.446 e. The lowest BCUT2D eigenvalue weighted by molar-refractivity contribution is -0.142. The fourth-order valence-corrected chi connectivity index (χ4v) is 1.68. The largest absolute Gasteiger partial charge is 0.468 e. The number of alkyl halides is 3. The Labute approximate surface area is 100 Å². The predicted molar refractivity (Wildman–Crippen MR) is 57.3 cm³/mol. The minimum Gasteiger partial charge on any atom is -0.468 e. The standard InChI is InChI=1S/C10H10F3NO2S/c1-16-9(15)8(14)6-2-4-7(5-3-6)17-10(11,12)13/h2-5,8H,14H2,1H3/t8-/m1/s1. The van der Waals surface area contributed by atoms with E-state index in [0.29, 0.717) is 5.56 Å². The molecule has 2 N–H and O–H groups in total. The number of carbonyl (C=O) groups is 1. The molecule has 0 saturated carbocycles. The van der Waals surface area contributed by atoms with Crippen molar-refractivity contribution in [2.45, 2.75) is 16.4 Å². The average molecular weight is 265 g/mol. The van der Waals surface area contributed by atoms with Gasteiger partial charge >= 0.3 is 11.5 Å². The van der Waals surface area contributed by atoms with Crippen LogP contribution in [0.2, 0.25) is 0 Å². The second-order valence-corrected chi connectivity index (χ2v) is 4.26. The van der Waals surface area contributed by atoms with Crippen molar-refractivity contribution in [3.8, 4) is 0 Å². The number of carbonyl (C=O) groups excluding carboxylic acids is 1. The Hall–Kier alpha value is -1.21. The lowest BCUT2D eigenvalue weighted by Gasteiger charge is -2.10. The number of esters is 1. The van der Waals surface area contributed by atoms with Gasteiger partial charge in [0.05, 0.1) is 7.11 Å². The van der Waals surface area contributed by atoms with E-state index in [-0.39, 0.29) is 16.7 Å². The van der Waals surface area contributed by atoms with Crippen molar-refractivity contribution in [1.29, 1.82) is 0 Å². The molecular weight excluding hydrogens is 255 g/mol. The third-order valence-corrected chi connectivity index (χ3v) is 2.67. The molecule has 17 heavy (non-hydrogen) atoms. The third kappa shape index (κ3) is 4.27. The van der Waals surface area contributed by atoms with Crippen LogP contribution in [0.4, 0.5) is 13.2 Å². The summed E-state index contributed by atoms with van der Waals surface area (Å²) in [5.74, 6) is -0.638. The number of hydrogen-bond acceptors (Lipinski definition) is 4. The summed E-state index contributed by atoms with van der Waals surface area (Å²) in [5.41, 5.74) is 1.60. The molecule has 0 aliphatic carbocycles. The minimum atomic E-state index is -4.33. The molecule has 1 rings (SSSR count). The van der Waals surface area contributed by atoms with Gasteiger partial charge in [-0.25, -0.2) is 0 Å². The van der Waals surface area contributed by atoms with E-state index < -0.39 is 17.5 Å². The lowest BCUT2D eigenvalue weighted by atomic mass is 10.1. The van der Waals surface area contributed by atoms with E-state index in [1.165, 1.54) is 31.4 Å². The molecule has 0 radical (unpaired) electrons. The number of halogens is 3. The first kappa shape index (κ1) is 13.9. The molecule has 1 aromatic carbocycles. The van der Waals surface area contributed by atoms with Gasteiger partial charge in [0, 0.05) is 4.90 Å². The Morgan fingerprint density at radius 3 is 2.29 bits per heavy atom. The Morgan fingerprint density at radius 2 is 1.88 bits per heavy atom. The van der Waals surface area contributed by atoms with Gasteiger partial charge in [0.25, 0.3) is 0 Å². The van der Waals surface area contributed by atoms with Crippen molar-refractivity contribution in [3.63, 3.8) is 0 Å². The van der Waals surface area contributed by atoms with Crippen LogP contribution in [0.15, 0.2) is 29.2 Å². The molecule has 1 atom stereocenters. The Morgan fingerprint density at radius 1 is 1.35 bits per heavy atom. The van der Waals surface area contributed by atoms with Gasteiger partial charge in [0.15, 0.2) is 0 Å². The summed E-state index contributed by atoms with van der Waals surface area (Å²) in [7, 11) is 1.19. The monoisotopic (exact) mass is 265 g/mol. The number of benzene rings is 1. The summed E-state index contributed by atoms with van der Waals surface area (Å²) >= 11 is -0.222. The van der Waals surface area contributed by atoms with Crippen LogP contribution in [-0.2, 0) is 9.53 Å². The highest BCUT2D eigenvalue weighted by atomic mass is 32.2. The SMILES string of the molecule is COC(=O)[C@H](N)c1ccc(SC(F)(F)F)cc1. The summed E-state index contributed by atoms with van der Waals surface area (Å²) in [6.45, 7) is 0. The van der Waals surface area contributed by atoms with Crippen molar-refractivity contribution in [3.05, 3.63) is 29.8 Å². The molecule has 7 heteroatoms. The van der Waals surface area contributed by atoms with E-state index in [4.69, 9.17) is 5.73 Å². The fourth-order valence-electron chi connectivity index (χ4n) is 1.14. The van der Waals surface area contributed by atoms with Gasteiger partial charge in [0.1, 0.15) is 6.04 Å². The Kier molecular flexibility index (Phi) is 4.41. The highest BCUT2D eigenvalue weighted by Crippen LogP contribution is 2.36. The molecule has 0 aliphatic heterocycles. The maximum absolute atomic E-state index is 12.0. The summed E-state index contributed by atoms with van der Waals surface area (Å²) in [6.07, 6.45) is 0. The van der Waals surface area contributed by atoms with Crippen molar-refractivity contribution in [1.82, 2.24) is 0 Å². The maximum Gasteiger partial charge on any atom is 0.446 e. The zero-order valence-corrected chi connectivity index (χ0v) is 9.64. The molecule has 0 fully saturated rings. The lowest BCUT2D eigenvalue weighted by Crippen LogP contribution is -2.22. The van der Waals surface area contributed by atoms with Crippen LogP contribution in [0.3, 0.4) is 0 Å². The minimum absolute atomic E-state index is 0.0401. The molecule has 0 aromatic heterocycles. The molecule has 0 heterocycles. The molecule has 0 spiro atoms. The van der Waals surface area contributed by atoms with E-state index in [1.807, 2.05) is 0 Å². The first-order chi connectivity index (χ1) is 7.83. The van der Waals surface area contributed by atoms with Gasteiger partial charge < -0.3 is 10.5 Å². The van der Waals surface area contributed by atoms with E-state index >= 15 is 0 Å². The van der Waals surface area contributed by atoms with Crippen LogP contribution >= 0.6 is 11.8 Å². The van der Waals surface area contributed by atoms with Crippen molar-refractivity contribution < 1.29 is 22.7 Å². The van der Waals surface area contributed by atoms with Crippen LogP contribution in [0.25, 0.3) is 0 Å². The Bertz CT molecular complexity index is 392. The summed E-state index contributed by atoms with van der Waals surface area (Å²) < 4.78 is 40.6. The predicted octanol–water partition coefficient (Wildman–Crippen LogP) is 2.47. The zero-order chi connectivity index (χ0) is 13.1. The molecular formula is C10H10F3NO2S. The molecule has 0 bridgehead atoms. The Balaban J connectivity index is 2.78. The molecule has 0 amide bonds. The molecule has 1 aromatic rings. The van der Waals surface area contributed by atoms with E-state index in [0.717, 1.165) is 0 Å². The molecule has 0 saturated heterocycles. The van der Waals surface area contributed by atoms with Gasteiger partial charge in [-0.2, -0.15) is 13.2 Å². The third-order valence-electron chi connectivity index (χ3n) is 1.93. The molecule has 3 nitrogen and oxygen atoms in total. The van der Waals surface area contributed by atoms with Gasteiger partial charge in [-0.3, -0.25) is 4.79 Å². The van der Waals surface area contributed by atoms with Gasteiger partial charge in [-0.1, -0.05) is 12.1 Å². The molecule has 0 aliphatic rings. The van der Waals surface area contributed by atoms with Crippen LogP contribution in [0.1, 0.15) is 11.6 Å². The van der Waals surface area contributed by atoms with Crippen molar-refractivity contribution in [2.24, 2.45) is 5.73 Å². The van der Waals surface area contributed by atoms with Gasteiger partial charge in [-0.05, 0) is 29.5 Å². The summed E-state index contributed by atoms with van der Waals surface area (Å²) in [5, 5.41) is 0. The van der Waals surface area contributed by atoms with Crippen molar-refractivity contribution >= 4 is 17.7 Å². The number of rotatable bonds is 3. The summed E-state index contributed by atoms with van der Waals surface area (Å²) in [6, 6.07) is 4.28. The normalized spacial score (nSPS) is 13.2. The number of ether oxygens (including phenoxy) is 1. The molecule has 0 unspecified atom stereocenters.